The van der Waals surface area contributed by atoms with Crippen LogP contribution in [-0.2, 0) is 16.0 Å². The van der Waals surface area contributed by atoms with E-state index in [9.17, 15) is 4.79 Å². The van der Waals surface area contributed by atoms with Crippen molar-refractivity contribution >= 4 is 11.6 Å². The van der Waals surface area contributed by atoms with Gasteiger partial charge in [-0.2, -0.15) is 0 Å². The SMILES string of the molecule is COCCOc1ncccc1NC(=O)CCc1ccc(-c2ccccc2)o1. The number of aromatic nitrogens is 1. The molecule has 6 heteroatoms. The number of amides is 1. The number of carbonyl (C=O) groups is 1. The summed E-state index contributed by atoms with van der Waals surface area (Å²) in [6.45, 7) is 0.817. The van der Waals surface area contributed by atoms with E-state index in [2.05, 4.69) is 10.3 Å². The van der Waals surface area contributed by atoms with Crippen molar-refractivity contribution in [2.75, 3.05) is 25.6 Å². The molecule has 0 bridgehead atoms. The van der Waals surface area contributed by atoms with Gasteiger partial charge in [0.2, 0.25) is 11.8 Å². The van der Waals surface area contributed by atoms with Crippen LogP contribution >= 0.6 is 0 Å². The molecule has 2 heterocycles. The number of furan rings is 1. The Morgan fingerprint density at radius 3 is 2.74 bits per heavy atom. The summed E-state index contributed by atoms with van der Waals surface area (Å²) in [5.41, 5.74) is 1.56. The summed E-state index contributed by atoms with van der Waals surface area (Å²) in [5, 5.41) is 2.84. The van der Waals surface area contributed by atoms with Crippen LogP contribution < -0.4 is 10.1 Å². The maximum Gasteiger partial charge on any atom is 0.237 e. The van der Waals surface area contributed by atoms with Gasteiger partial charge < -0.3 is 19.2 Å². The Labute approximate surface area is 158 Å². The van der Waals surface area contributed by atoms with E-state index in [0.717, 1.165) is 17.1 Å². The van der Waals surface area contributed by atoms with Gasteiger partial charge in [-0.1, -0.05) is 30.3 Å². The molecule has 0 fully saturated rings. The molecule has 1 N–H and O–H groups in total. The first-order valence-electron chi connectivity index (χ1n) is 8.77. The Hall–Kier alpha value is -3.12. The van der Waals surface area contributed by atoms with Gasteiger partial charge in [0, 0.05) is 31.7 Å². The highest BCUT2D eigenvalue weighted by molar-refractivity contribution is 5.91. The van der Waals surface area contributed by atoms with E-state index in [1.807, 2.05) is 42.5 Å². The first-order chi connectivity index (χ1) is 13.3. The molecule has 6 nitrogen and oxygen atoms in total. The number of benzene rings is 1. The van der Waals surface area contributed by atoms with E-state index in [-0.39, 0.29) is 5.91 Å². The summed E-state index contributed by atoms with van der Waals surface area (Å²) < 4.78 is 16.3. The Balaban J connectivity index is 1.54. The molecular formula is C21H22N2O4. The predicted octanol–water partition coefficient (Wildman–Crippen LogP) is 3.94. The summed E-state index contributed by atoms with van der Waals surface area (Å²) in [6, 6.07) is 17.2. The van der Waals surface area contributed by atoms with Crippen LogP contribution in [0.25, 0.3) is 11.3 Å². The standard InChI is InChI=1S/C21H22N2O4/c1-25-14-15-26-21-18(8-5-13-22-21)23-20(24)12-10-17-9-11-19(27-17)16-6-3-2-4-7-16/h2-9,11,13H,10,12,14-15H2,1H3,(H,23,24). The van der Waals surface area contributed by atoms with Gasteiger partial charge in [0.15, 0.2) is 0 Å². The second-order valence-electron chi connectivity index (χ2n) is 5.88. The van der Waals surface area contributed by atoms with Crippen LogP contribution in [0.3, 0.4) is 0 Å². The molecule has 1 amide bonds. The van der Waals surface area contributed by atoms with Gasteiger partial charge >= 0.3 is 0 Å². The highest BCUT2D eigenvalue weighted by Gasteiger charge is 2.11. The topological polar surface area (TPSA) is 73.6 Å². The van der Waals surface area contributed by atoms with Gasteiger partial charge in [-0.05, 0) is 24.3 Å². The lowest BCUT2D eigenvalue weighted by Crippen LogP contribution is -2.14. The molecule has 0 aliphatic carbocycles. The number of anilines is 1. The maximum absolute atomic E-state index is 12.3. The van der Waals surface area contributed by atoms with Gasteiger partial charge in [0.25, 0.3) is 0 Å². The monoisotopic (exact) mass is 366 g/mol. The normalized spacial score (nSPS) is 10.6. The van der Waals surface area contributed by atoms with E-state index < -0.39 is 0 Å². The zero-order chi connectivity index (χ0) is 18.9. The third-order valence-electron chi connectivity index (χ3n) is 3.89. The number of carbonyl (C=O) groups excluding carboxylic acids is 1. The van der Waals surface area contributed by atoms with Crippen molar-refractivity contribution in [2.24, 2.45) is 0 Å². The average Bonchev–Trinajstić information content (AvgIpc) is 3.18. The zero-order valence-corrected chi connectivity index (χ0v) is 15.2. The summed E-state index contributed by atoms with van der Waals surface area (Å²) in [6.07, 6.45) is 2.43. The fourth-order valence-corrected chi connectivity index (χ4v) is 2.54. The minimum Gasteiger partial charge on any atom is -0.474 e. The molecule has 0 aliphatic rings. The molecule has 27 heavy (non-hydrogen) atoms. The highest BCUT2D eigenvalue weighted by atomic mass is 16.5. The minimum absolute atomic E-state index is 0.128. The lowest BCUT2D eigenvalue weighted by molar-refractivity contribution is -0.116. The quantitative estimate of drug-likeness (QED) is 0.581. The molecule has 1 aromatic carbocycles. The van der Waals surface area contributed by atoms with Crippen LogP contribution in [0, 0.1) is 0 Å². The number of rotatable bonds is 9. The van der Waals surface area contributed by atoms with Gasteiger partial charge in [0.05, 0.1) is 6.61 Å². The molecule has 0 saturated carbocycles. The van der Waals surface area contributed by atoms with E-state index in [4.69, 9.17) is 13.9 Å². The molecule has 3 aromatic rings. The molecule has 0 saturated heterocycles. The van der Waals surface area contributed by atoms with E-state index in [0.29, 0.717) is 37.6 Å². The van der Waals surface area contributed by atoms with Gasteiger partial charge in [0.1, 0.15) is 23.8 Å². The Morgan fingerprint density at radius 1 is 1.07 bits per heavy atom. The molecule has 140 valence electrons. The summed E-state index contributed by atoms with van der Waals surface area (Å²) >= 11 is 0. The smallest absolute Gasteiger partial charge is 0.237 e. The fraction of sp³-hybridized carbons (Fsp3) is 0.238. The van der Waals surface area contributed by atoms with Crippen LogP contribution in [0.1, 0.15) is 12.2 Å². The fourth-order valence-electron chi connectivity index (χ4n) is 2.54. The summed E-state index contributed by atoms with van der Waals surface area (Å²) in [7, 11) is 1.60. The van der Waals surface area contributed by atoms with Crippen molar-refractivity contribution in [1.82, 2.24) is 4.98 Å². The Morgan fingerprint density at radius 2 is 1.93 bits per heavy atom. The lowest BCUT2D eigenvalue weighted by atomic mass is 10.2. The predicted molar refractivity (Wildman–Crippen MR) is 103 cm³/mol. The summed E-state index contributed by atoms with van der Waals surface area (Å²) in [5.74, 6) is 1.82. The second-order valence-corrected chi connectivity index (χ2v) is 5.88. The third kappa shape index (κ3) is 5.43. The Kier molecular flexibility index (Phi) is 6.60. The first kappa shape index (κ1) is 18.7. The van der Waals surface area contributed by atoms with Crippen molar-refractivity contribution in [2.45, 2.75) is 12.8 Å². The van der Waals surface area contributed by atoms with Crippen LogP contribution in [0.2, 0.25) is 0 Å². The number of aryl methyl sites for hydroxylation is 1. The molecule has 0 atom stereocenters. The van der Waals surface area contributed by atoms with Crippen LogP contribution in [0.4, 0.5) is 5.69 Å². The average molecular weight is 366 g/mol. The summed E-state index contributed by atoms with van der Waals surface area (Å²) in [4.78, 5) is 16.4. The van der Waals surface area contributed by atoms with Crippen molar-refractivity contribution < 1.29 is 18.7 Å². The number of ether oxygens (including phenoxy) is 2. The lowest BCUT2D eigenvalue weighted by Gasteiger charge is -2.10. The molecule has 2 aromatic heterocycles. The van der Waals surface area contributed by atoms with Crippen LogP contribution in [0.5, 0.6) is 5.88 Å². The van der Waals surface area contributed by atoms with Crippen molar-refractivity contribution in [3.05, 3.63) is 66.6 Å². The molecular weight excluding hydrogens is 344 g/mol. The maximum atomic E-state index is 12.3. The third-order valence-corrected chi connectivity index (χ3v) is 3.89. The molecule has 3 rings (SSSR count). The van der Waals surface area contributed by atoms with Crippen LogP contribution in [-0.4, -0.2) is 31.2 Å². The first-order valence-corrected chi connectivity index (χ1v) is 8.77. The molecule has 0 radical (unpaired) electrons. The van der Waals surface area contributed by atoms with Crippen molar-refractivity contribution in [3.63, 3.8) is 0 Å². The van der Waals surface area contributed by atoms with Gasteiger partial charge in [-0.25, -0.2) is 4.98 Å². The van der Waals surface area contributed by atoms with E-state index in [1.165, 1.54) is 0 Å². The number of pyridine rings is 1. The minimum atomic E-state index is -0.128. The second kappa shape index (κ2) is 9.54. The van der Waals surface area contributed by atoms with E-state index in [1.54, 1.807) is 25.4 Å². The molecule has 0 aliphatic heterocycles. The van der Waals surface area contributed by atoms with Crippen LogP contribution in [0.15, 0.2) is 65.2 Å². The molecule has 0 spiro atoms. The Bertz CT molecular complexity index is 861. The number of nitrogens with one attached hydrogen (secondary N) is 1. The molecule has 0 unspecified atom stereocenters. The largest absolute Gasteiger partial charge is 0.474 e. The zero-order valence-electron chi connectivity index (χ0n) is 15.2. The highest BCUT2D eigenvalue weighted by Crippen LogP contribution is 2.23. The number of nitrogens with zero attached hydrogens (tertiary/aromatic N) is 1. The van der Waals surface area contributed by atoms with Gasteiger partial charge in [-0.3, -0.25) is 4.79 Å². The van der Waals surface area contributed by atoms with Gasteiger partial charge in [-0.15, -0.1) is 0 Å². The van der Waals surface area contributed by atoms with Crippen molar-refractivity contribution in [3.8, 4) is 17.2 Å². The number of hydrogen-bond acceptors (Lipinski definition) is 5. The number of hydrogen-bond donors (Lipinski definition) is 1. The van der Waals surface area contributed by atoms with E-state index >= 15 is 0 Å². The number of methoxy groups -OCH3 is 1. The van der Waals surface area contributed by atoms with Crippen molar-refractivity contribution in [1.29, 1.82) is 0 Å².